The van der Waals surface area contributed by atoms with Crippen molar-refractivity contribution in [3.63, 3.8) is 0 Å². The van der Waals surface area contributed by atoms with Crippen LogP contribution in [0.3, 0.4) is 0 Å². The minimum atomic E-state index is -4.03. The fraction of sp³-hybridized carbons (Fsp3) is 0.417. The number of carbonyl (C=O) groups excluding carboxylic acids is 2. The van der Waals surface area contributed by atoms with Crippen LogP contribution in [-0.4, -0.2) is 54.9 Å². The van der Waals surface area contributed by atoms with Gasteiger partial charge < -0.3 is 10.2 Å². The van der Waals surface area contributed by atoms with Gasteiger partial charge in [0.1, 0.15) is 18.4 Å². The maximum absolute atomic E-state index is 13.6. The summed E-state index contributed by atoms with van der Waals surface area (Å²) in [6.07, 6.45) is 1.80. The lowest BCUT2D eigenvalue weighted by molar-refractivity contribution is -0.384. The second kappa shape index (κ2) is 12.4. The number of non-ortho nitro benzene ring substituents is 1. The fourth-order valence-electron chi connectivity index (χ4n) is 3.52. The second-order valence-electron chi connectivity index (χ2n) is 8.44. The molecule has 0 unspecified atom stereocenters. The molecule has 2 atom stereocenters. The number of benzene rings is 2. The Morgan fingerprint density at radius 2 is 1.75 bits per heavy atom. The molecule has 0 fully saturated rings. The molecule has 0 aliphatic carbocycles. The van der Waals surface area contributed by atoms with E-state index in [0.717, 1.165) is 16.6 Å². The topological polar surface area (TPSA) is 130 Å². The highest BCUT2D eigenvalue weighted by Gasteiger charge is 2.32. The number of sulfonamides is 1. The lowest BCUT2D eigenvalue weighted by atomic mass is 10.1. The molecule has 1 N–H and O–H groups in total. The first-order valence-electron chi connectivity index (χ1n) is 11.4. The molecule has 0 heterocycles. The van der Waals surface area contributed by atoms with Crippen LogP contribution in [0.1, 0.15) is 39.2 Å². The summed E-state index contributed by atoms with van der Waals surface area (Å²) < 4.78 is 39.4. The molecule has 0 aliphatic rings. The molecular formula is C24H31FN4O6S. The number of amides is 2. The molecular weight excluding hydrogens is 491 g/mol. The fourth-order valence-corrected chi connectivity index (χ4v) is 4.36. The predicted molar refractivity (Wildman–Crippen MR) is 134 cm³/mol. The third-order valence-corrected chi connectivity index (χ3v) is 6.80. The Hall–Kier alpha value is -3.54. The van der Waals surface area contributed by atoms with Gasteiger partial charge in [-0.2, -0.15) is 0 Å². The number of hydrogen-bond donors (Lipinski definition) is 1. The quantitative estimate of drug-likeness (QED) is 0.337. The van der Waals surface area contributed by atoms with Crippen molar-refractivity contribution in [2.45, 2.75) is 52.2 Å². The number of hydrogen-bond acceptors (Lipinski definition) is 6. The van der Waals surface area contributed by atoms with E-state index in [1.807, 2.05) is 13.8 Å². The summed E-state index contributed by atoms with van der Waals surface area (Å²) in [7, 11) is -4.03. The van der Waals surface area contributed by atoms with E-state index in [1.165, 1.54) is 47.4 Å². The van der Waals surface area contributed by atoms with Crippen molar-refractivity contribution in [2.75, 3.05) is 17.1 Å². The SMILES string of the molecule is CC[C@H](C(=O)N[C@@H](C)CC)N(Cc1ccc(F)cc1)C(=O)CN(c1cccc([N+](=O)[O-])c1)S(C)(=O)=O. The number of halogens is 1. The average molecular weight is 523 g/mol. The van der Waals surface area contributed by atoms with Crippen molar-refractivity contribution < 1.29 is 27.3 Å². The van der Waals surface area contributed by atoms with E-state index >= 15 is 0 Å². The van der Waals surface area contributed by atoms with Crippen LogP contribution in [-0.2, 0) is 26.2 Å². The van der Waals surface area contributed by atoms with Crippen molar-refractivity contribution in [3.05, 3.63) is 70.0 Å². The van der Waals surface area contributed by atoms with Crippen molar-refractivity contribution >= 4 is 33.2 Å². The van der Waals surface area contributed by atoms with Gasteiger partial charge in [-0.3, -0.25) is 24.0 Å². The summed E-state index contributed by atoms with van der Waals surface area (Å²) in [5.41, 5.74) is 0.149. The van der Waals surface area contributed by atoms with Gasteiger partial charge >= 0.3 is 0 Å². The lowest BCUT2D eigenvalue weighted by Crippen LogP contribution is -2.53. The summed E-state index contributed by atoms with van der Waals surface area (Å²) in [5.74, 6) is -1.56. The number of rotatable bonds is 12. The van der Waals surface area contributed by atoms with Gasteiger partial charge in [0.25, 0.3) is 5.69 Å². The van der Waals surface area contributed by atoms with Gasteiger partial charge in [-0.1, -0.05) is 32.0 Å². The average Bonchev–Trinajstić information content (AvgIpc) is 2.82. The smallest absolute Gasteiger partial charge is 0.271 e. The molecule has 2 aromatic carbocycles. The Balaban J connectivity index is 2.47. The van der Waals surface area contributed by atoms with Gasteiger partial charge in [-0.25, -0.2) is 12.8 Å². The first-order valence-corrected chi connectivity index (χ1v) is 13.3. The zero-order valence-electron chi connectivity index (χ0n) is 20.7. The van der Waals surface area contributed by atoms with Crippen molar-refractivity contribution in [1.82, 2.24) is 10.2 Å². The van der Waals surface area contributed by atoms with Crippen molar-refractivity contribution in [3.8, 4) is 0 Å². The highest BCUT2D eigenvalue weighted by molar-refractivity contribution is 7.92. The largest absolute Gasteiger partial charge is 0.352 e. The van der Waals surface area contributed by atoms with Gasteiger partial charge in [0, 0.05) is 24.7 Å². The third kappa shape index (κ3) is 7.74. The van der Waals surface area contributed by atoms with Crippen molar-refractivity contribution in [2.24, 2.45) is 0 Å². The van der Waals surface area contributed by atoms with E-state index in [2.05, 4.69) is 5.32 Å². The molecule has 2 amide bonds. The van der Waals surface area contributed by atoms with Crippen LogP contribution in [0.25, 0.3) is 0 Å². The van der Waals surface area contributed by atoms with Crippen LogP contribution in [0.15, 0.2) is 48.5 Å². The minimum Gasteiger partial charge on any atom is -0.352 e. The number of nitro benzene ring substituents is 1. The maximum Gasteiger partial charge on any atom is 0.271 e. The van der Waals surface area contributed by atoms with E-state index in [4.69, 9.17) is 0 Å². The van der Waals surface area contributed by atoms with E-state index in [1.54, 1.807) is 6.92 Å². The zero-order chi connectivity index (χ0) is 27.0. The van der Waals surface area contributed by atoms with Gasteiger partial charge in [0.05, 0.1) is 16.9 Å². The highest BCUT2D eigenvalue weighted by atomic mass is 32.2. The number of anilines is 1. The molecule has 0 spiro atoms. The normalized spacial score (nSPS) is 12.9. The Kier molecular flexibility index (Phi) is 9.91. The maximum atomic E-state index is 13.6. The summed E-state index contributed by atoms with van der Waals surface area (Å²) in [6.45, 7) is 4.69. The summed E-state index contributed by atoms with van der Waals surface area (Å²) in [5, 5.41) is 14.0. The van der Waals surface area contributed by atoms with Crippen LogP contribution in [0.5, 0.6) is 0 Å². The summed E-state index contributed by atoms with van der Waals surface area (Å²) >= 11 is 0. The van der Waals surface area contributed by atoms with E-state index < -0.39 is 45.2 Å². The molecule has 196 valence electrons. The molecule has 0 radical (unpaired) electrons. The van der Waals surface area contributed by atoms with Crippen LogP contribution in [0, 0.1) is 15.9 Å². The Morgan fingerprint density at radius 1 is 1.11 bits per heavy atom. The van der Waals surface area contributed by atoms with E-state index in [-0.39, 0.29) is 30.4 Å². The predicted octanol–water partition coefficient (Wildman–Crippen LogP) is 3.22. The molecule has 36 heavy (non-hydrogen) atoms. The summed E-state index contributed by atoms with van der Waals surface area (Å²) in [6, 6.07) is 9.26. The monoisotopic (exact) mass is 522 g/mol. The molecule has 10 nitrogen and oxygen atoms in total. The van der Waals surface area contributed by atoms with Crippen LogP contribution < -0.4 is 9.62 Å². The van der Waals surface area contributed by atoms with Crippen molar-refractivity contribution in [1.29, 1.82) is 0 Å². The molecule has 2 aromatic rings. The first-order chi connectivity index (χ1) is 16.9. The van der Waals surface area contributed by atoms with E-state index in [0.29, 0.717) is 12.0 Å². The van der Waals surface area contributed by atoms with Gasteiger partial charge in [0.15, 0.2) is 0 Å². The molecule has 0 aliphatic heterocycles. The molecule has 0 aromatic heterocycles. The number of nitrogens with one attached hydrogen (secondary N) is 1. The Bertz CT molecular complexity index is 1190. The molecule has 0 saturated carbocycles. The molecule has 2 rings (SSSR count). The third-order valence-electron chi connectivity index (χ3n) is 5.66. The minimum absolute atomic E-state index is 0.0566. The van der Waals surface area contributed by atoms with Crippen LogP contribution >= 0.6 is 0 Å². The Morgan fingerprint density at radius 3 is 2.28 bits per heavy atom. The molecule has 0 bridgehead atoms. The lowest BCUT2D eigenvalue weighted by Gasteiger charge is -2.33. The summed E-state index contributed by atoms with van der Waals surface area (Å²) in [4.78, 5) is 38.4. The molecule has 12 heteroatoms. The second-order valence-corrected chi connectivity index (χ2v) is 10.3. The highest BCUT2D eigenvalue weighted by Crippen LogP contribution is 2.24. The first kappa shape index (κ1) is 28.7. The molecule has 0 saturated heterocycles. The Labute approximate surface area is 210 Å². The van der Waals surface area contributed by atoms with Crippen LogP contribution in [0.2, 0.25) is 0 Å². The van der Waals surface area contributed by atoms with Gasteiger partial charge in [0.2, 0.25) is 21.8 Å². The number of carbonyl (C=O) groups is 2. The van der Waals surface area contributed by atoms with Gasteiger partial charge in [-0.15, -0.1) is 0 Å². The number of nitro groups is 1. The standard InChI is InChI=1S/C24H31FN4O6S/c1-5-17(3)26-24(31)22(6-2)27(15-18-10-12-19(25)13-11-18)23(30)16-28(36(4,34)35)20-8-7-9-21(14-20)29(32)33/h7-14,17,22H,5-6,15-16H2,1-4H3,(H,26,31)/t17-,22+/m0/s1. The number of nitrogens with zero attached hydrogens (tertiary/aromatic N) is 3. The van der Waals surface area contributed by atoms with Gasteiger partial charge in [-0.05, 0) is 43.5 Å². The van der Waals surface area contributed by atoms with Crippen LogP contribution in [0.4, 0.5) is 15.8 Å². The zero-order valence-corrected chi connectivity index (χ0v) is 21.5. The van der Waals surface area contributed by atoms with E-state index in [9.17, 15) is 32.5 Å².